The fourth-order valence-corrected chi connectivity index (χ4v) is 5.56. The third-order valence-electron chi connectivity index (χ3n) is 6.55. The monoisotopic (exact) mass is 558 g/mol. The van der Waals surface area contributed by atoms with Crippen molar-refractivity contribution in [3.05, 3.63) is 58.7 Å². The minimum Gasteiger partial charge on any atom is -0.388 e. The number of hydrogen-bond donors (Lipinski definition) is 5. The van der Waals surface area contributed by atoms with Gasteiger partial charge < -0.3 is 30.7 Å². The zero-order chi connectivity index (χ0) is 26.2. The normalized spacial score (nSPS) is 30.9. The summed E-state index contributed by atoms with van der Waals surface area (Å²) >= 11 is 13.6. The second kappa shape index (κ2) is 14.2. The van der Waals surface area contributed by atoms with Gasteiger partial charge in [0.15, 0.2) is 0 Å². The molecule has 36 heavy (non-hydrogen) atoms. The van der Waals surface area contributed by atoms with E-state index in [1.165, 1.54) is 17.3 Å². The van der Waals surface area contributed by atoms with E-state index in [0.29, 0.717) is 13.0 Å². The van der Waals surface area contributed by atoms with Gasteiger partial charge in [-0.3, -0.25) is 4.79 Å². The van der Waals surface area contributed by atoms with Crippen LogP contribution in [0.1, 0.15) is 31.7 Å². The molecule has 0 spiro atoms. The molecule has 0 radical (unpaired) electrons. The first-order valence-corrected chi connectivity index (χ1v) is 14.3. The van der Waals surface area contributed by atoms with Gasteiger partial charge in [-0.15, -0.1) is 23.4 Å². The van der Waals surface area contributed by atoms with Crippen molar-refractivity contribution < 1.29 is 24.9 Å². The van der Waals surface area contributed by atoms with E-state index in [1.807, 2.05) is 18.2 Å². The van der Waals surface area contributed by atoms with Crippen LogP contribution in [-0.2, 0) is 16.0 Å². The quantitative estimate of drug-likeness (QED) is 0.296. The van der Waals surface area contributed by atoms with E-state index in [0.717, 1.165) is 29.9 Å². The number of carbonyl (C=O) groups excluding carboxylic acids is 1. The molecule has 0 saturated carbocycles. The van der Waals surface area contributed by atoms with E-state index in [4.69, 9.17) is 27.9 Å². The molecule has 3 rings (SSSR count). The maximum atomic E-state index is 13.1. The van der Waals surface area contributed by atoms with Gasteiger partial charge in [0.1, 0.15) is 29.9 Å². The minimum atomic E-state index is -1.40. The van der Waals surface area contributed by atoms with Crippen LogP contribution in [0, 0.1) is 0 Å². The standard InChI is InChI=1S/C26H36Cl2N2O5S/c1-15(27)20(24-22(32)21(31)23(33)26(35-24)36-2)30-25(34)19-11-10-16(12-13-29-19)6-3-4-7-17-8-5-9-18(28)14-17/h3,5-6,8-10,14-15,19-24,26,29,31-33H,4,7,11-13H2,1-2H3,(H,30,34)/b6-3+/t15-,19-,20+,21?,22?,23+,24+,26?/m0/s1. The number of amides is 1. The molecule has 2 aliphatic heterocycles. The number of allylic oxidation sites excluding steroid dienone is 2. The van der Waals surface area contributed by atoms with Crippen molar-refractivity contribution in [1.29, 1.82) is 0 Å². The Morgan fingerprint density at radius 2 is 2.08 bits per heavy atom. The lowest BCUT2D eigenvalue weighted by molar-refractivity contribution is -0.205. The van der Waals surface area contributed by atoms with Gasteiger partial charge in [0.25, 0.3) is 0 Å². The lowest BCUT2D eigenvalue weighted by atomic mass is 9.93. The molecule has 7 nitrogen and oxygen atoms in total. The molecule has 0 aliphatic carbocycles. The average Bonchev–Trinajstić information content (AvgIpc) is 3.10. The number of aryl methyl sites for hydroxylation is 1. The molecule has 1 aromatic carbocycles. The number of carbonyl (C=O) groups is 1. The smallest absolute Gasteiger partial charge is 0.237 e. The number of hydrogen-bond acceptors (Lipinski definition) is 7. The molecular weight excluding hydrogens is 523 g/mol. The Hall–Kier alpha value is -1.10. The number of alkyl halides is 1. The fourth-order valence-electron chi connectivity index (χ4n) is 4.46. The second-order valence-corrected chi connectivity index (χ2v) is 11.3. The summed E-state index contributed by atoms with van der Waals surface area (Å²) in [6.07, 6.45) is 6.17. The van der Waals surface area contributed by atoms with Crippen molar-refractivity contribution in [1.82, 2.24) is 10.6 Å². The highest BCUT2D eigenvalue weighted by Crippen LogP contribution is 2.30. The van der Waals surface area contributed by atoms with Gasteiger partial charge in [-0.2, -0.15) is 0 Å². The Balaban J connectivity index is 1.57. The average molecular weight is 560 g/mol. The Bertz CT molecular complexity index is 929. The van der Waals surface area contributed by atoms with Crippen LogP contribution in [0.2, 0.25) is 5.02 Å². The molecule has 1 aromatic rings. The van der Waals surface area contributed by atoms with Crippen molar-refractivity contribution in [2.75, 3.05) is 12.8 Å². The first-order valence-electron chi connectivity index (χ1n) is 12.2. The molecule has 0 bridgehead atoms. The summed E-state index contributed by atoms with van der Waals surface area (Å²) in [5.41, 5.74) is 1.62. The van der Waals surface area contributed by atoms with Crippen molar-refractivity contribution in [3.63, 3.8) is 0 Å². The van der Waals surface area contributed by atoms with Crippen LogP contribution in [0.4, 0.5) is 0 Å². The van der Waals surface area contributed by atoms with Crippen LogP contribution >= 0.6 is 35.0 Å². The molecule has 3 unspecified atom stereocenters. The second-order valence-electron chi connectivity index (χ2n) is 9.23. The molecule has 5 N–H and O–H groups in total. The maximum absolute atomic E-state index is 13.1. The number of benzene rings is 1. The number of thioether (sulfide) groups is 1. The van der Waals surface area contributed by atoms with Crippen LogP contribution in [0.25, 0.3) is 0 Å². The van der Waals surface area contributed by atoms with Crippen molar-refractivity contribution in [3.8, 4) is 0 Å². The van der Waals surface area contributed by atoms with E-state index in [-0.39, 0.29) is 5.91 Å². The summed E-state index contributed by atoms with van der Waals surface area (Å²) in [5, 5.41) is 37.3. The lowest BCUT2D eigenvalue weighted by Gasteiger charge is -2.44. The van der Waals surface area contributed by atoms with Crippen LogP contribution in [0.5, 0.6) is 0 Å². The molecule has 1 fully saturated rings. The highest BCUT2D eigenvalue weighted by atomic mass is 35.5. The molecule has 2 heterocycles. The number of aliphatic hydroxyl groups is 3. The van der Waals surface area contributed by atoms with Crippen LogP contribution in [-0.4, -0.2) is 81.3 Å². The third-order valence-corrected chi connectivity index (χ3v) is 7.91. The topological polar surface area (TPSA) is 111 Å². The number of aliphatic hydroxyl groups excluding tert-OH is 3. The Kier molecular flexibility index (Phi) is 11.6. The molecule has 10 heteroatoms. The Morgan fingerprint density at radius 3 is 2.78 bits per heavy atom. The van der Waals surface area contributed by atoms with Crippen LogP contribution in [0.15, 0.2) is 48.1 Å². The SMILES string of the molecule is CSC1O[C@H]([C@H](NC(=O)[C@@H]2CC=C(/C=C/CCc3cccc(Cl)c3)CCN2)[C@H](C)Cl)C(O)C(O)[C@H]1O. The van der Waals surface area contributed by atoms with E-state index in [2.05, 4.69) is 34.9 Å². The van der Waals surface area contributed by atoms with Gasteiger partial charge in [-0.05, 0) is 63.1 Å². The summed E-state index contributed by atoms with van der Waals surface area (Å²) in [5.74, 6) is -0.257. The van der Waals surface area contributed by atoms with Crippen LogP contribution < -0.4 is 10.6 Å². The molecule has 1 saturated heterocycles. The van der Waals surface area contributed by atoms with Gasteiger partial charge in [0.2, 0.25) is 5.91 Å². The lowest BCUT2D eigenvalue weighted by Crippen LogP contribution is -2.65. The number of halogens is 2. The summed E-state index contributed by atoms with van der Waals surface area (Å²) in [4.78, 5) is 13.1. The van der Waals surface area contributed by atoms with Gasteiger partial charge in [0.05, 0.1) is 17.5 Å². The maximum Gasteiger partial charge on any atom is 0.237 e. The number of rotatable bonds is 9. The van der Waals surface area contributed by atoms with E-state index < -0.39 is 47.3 Å². The van der Waals surface area contributed by atoms with Crippen LogP contribution in [0.3, 0.4) is 0 Å². The summed E-state index contributed by atoms with van der Waals surface area (Å²) in [7, 11) is 0. The molecule has 0 aromatic heterocycles. The molecule has 8 atom stereocenters. The van der Waals surface area contributed by atoms with Crippen molar-refractivity contribution >= 4 is 40.9 Å². The predicted molar refractivity (Wildman–Crippen MR) is 145 cm³/mol. The van der Waals surface area contributed by atoms with E-state index in [9.17, 15) is 20.1 Å². The first kappa shape index (κ1) is 29.5. The van der Waals surface area contributed by atoms with E-state index in [1.54, 1.807) is 13.2 Å². The summed E-state index contributed by atoms with van der Waals surface area (Å²) in [6.45, 7) is 2.34. The Labute approximate surface area is 227 Å². The third kappa shape index (κ3) is 7.95. The number of ether oxygens (including phenoxy) is 1. The number of nitrogens with one attached hydrogen (secondary N) is 2. The molecular formula is C26H36Cl2N2O5S. The van der Waals surface area contributed by atoms with Gasteiger partial charge in [-0.25, -0.2) is 0 Å². The zero-order valence-corrected chi connectivity index (χ0v) is 22.8. The fraction of sp³-hybridized carbons (Fsp3) is 0.577. The highest BCUT2D eigenvalue weighted by Gasteiger charge is 2.48. The van der Waals surface area contributed by atoms with Gasteiger partial charge >= 0.3 is 0 Å². The Morgan fingerprint density at radius 1 is 1.31 bits per heavy atom. The summed E-state index contributed by atoms with van der Waals surface area (Å²) < 4.78 is 5.83. The highest BCUT2D eigenvalue weighted by molar-refractivity contribution is 7.99. The summed E-state index contributed by atoms with van der Waals surface area (Å²) in [6, 6.07) is 6.64. The molecule has 1 amide bonds. The predicted octanol–water partition coefficient (Wildman–Crippen LogP) is 2.79. The minimum absolute atomic E-state index is 0.257. The first-order chi connectivity index (χ1) is 17.2. The van der Waals surface area contributed by atoms with Crippen molar-refractivity contribution in [2.24, 2.45) is 0 Å². The zero-order valence-electron chi connectivity index (χ0n) is 20.5. The van der Waals surface area contributed by atoms with Gasteiger partial charge in [0, 0.05) is 5.02 Å². The van der Waals surface area contributed by atoms with Gasteiger partial charge in [-0.1, -0.05) is 47.5 Å². The molecule has 2 aliphatic rings. The van der Waals surface area contributed by atoms with Crippen molar-refractivity contribution in [2.45, 2.75) is 79.9 Å². The largest absolute Gasteiger partial charge is 0.388 e. The molecule has 200 valence electrons. The van der Waals surface area contributed by atoms with E-state index >= 15 is 0 Å².